The lowest BCUT2D eigenvalue weighted by Gasteiger charge is -2.08. The Morgan fingerprint density at radius 2 is 1.86 bits per heavy atom. The van der Waals surface area contributed by atoms with Gasteiger partial charge in [0, 0.05) is 28.6 Å². The molecule has 4 aromatic rings. The van der Waals surface area contributed by atoms with Crippen LogP contribution >= 0.6 is 0 Å². The zero-order valence-electron chi connectivity index (χ0n) is 11.5. The van der Waals surface area contributed by atoms with Crippen LogP contribution in [-0.2, 0) is 0 Å². The van der Waals surface area contributed by atoms with Gasteiger partial charge in [-0.2, -0.15) is 0 Å². The van der Waals surface area contributed by atoms with Crippen molar-refractivity contribution in [2.75, 3.05) is 0 Å². The Morgan fingerprint density at radius 3 is 2.73 bits per heavy atom. The number of aromatic nitrogens is 1. The summed E-state index contributed by atoms with van der Waals surface area (Å²) < 4.78 is 7.17. The lowest BCUT2D eigenvalue weighted by Crippen LogP contribution is -2.02. The molecule has 4 heteroatoms. The van der Waals surface area contributed by atoms with E-state index in [-0.39, 0.29) is 5.63 Å². The summed E-state index contributed by atoms with van der Waals surface area (Å²) in [4.78, 5) is 22.7. The molecule has 0 radical (unpaired) electrons. The molecule has 106 valence electrons. The van der Waals surface area contributed by atoms with Crippen LogP contribution in [0.2, 0.25) is 0 Å². The van der Waals surface area contributed by atoms with Gasteiger partial charge in [0.15, 0.2) is 0 Å². The molecule has 2 heterocycles. The highest BCUT2D eigenvalue weighted by Crippen LogP contribution is 2.26. The number of nitrogens with zero attached hydrogens (tertiary/aromatic N) is 1. The Morgan fingerprint density at radius 1 is 1.00 bits per heavy atom. The molecule has 0 bridgehead atoms. The second-order valence-corrected chi connectivity index (χ2v) is 5.07. The number of hydrogen-bond acceptors (Lipinski definition) is 3. The Balaban J connectivity index is 2.07. The standard InChI is InChI=1S/C18H11NO3/c20-11-12-5-6-15-13(9-12)7-8-19(15)16-10-18(21)22-17-4-2-1-3-14(16)17/h1-11H. The predicted molar refractivity (Wildman–Crippen MR) is 84.7 cm³/mol. The number of rotatable bonds is 2. The van der Waals surface area contributed by atoms with Crippen LogP contribution in [0, 0.1) is 0 Å². The summed E-state index contributed by atoms with van der Waals surface area (Å²) in [7, 11) is 0. The highest BCUT2D eigenvalue weighted by Gasteiger charge is 2.10. The van der Waals surface area contributed by atoms with E-state index in [9.17, 15) is 9.59 Å². The maximum absolute atomic E-state index is 11.8. The maximum Gasteiger partial charge on any atom is 0.338 e. The van der Waals surface area contributed by atoms with E-state index in [1.807, 2.05) is 47.2 Å². The first-order chi connectivity index (χ1) is 10.8. The van der Waals surface area contributed by atoms with Gasteiger partial charge in [-0.3, -0.25) is 4.79 Å². The highest BCUT2D eigenvalue weighted by atomic mass is 16.4. The number of aldehydes is 1. The fourth-order valence-electron chi connectivity index (χ4n) is 2.74. The minimum atomic E-state index is -0.389. The molecule has 0 atom stereocenters. The van der Waals surface area contributed by atoms with Gasteiger partial charge in [0.2, 0.25) is 0 Å². The molecular formula is C18H11NO3. The monoisotopic (exact) mass is 289 g/mol. The SMILES string of the molecule is O=Cc1ccc2c(ccn2-c2cc(=O)oc3ccccc23)c1. The second kappa shape index (κ2) is 4.70. The maximum atomic E-state index is 11.8. The molecular weight excluding hydrogens is 278 g/mol. The van der Waals surface area contributed by atoms with Gasteiger partial charge >= 0.3 is 5.63 Å². The summed E-state index contributed by atoms with van der Waals surface area (Å²) in [5, 5.41) is 1.81. The number of benzene rings is 2. The van der Waals surface area contributed by atoms with Crippen LogP contribution in [0.1, 0.15) is 10.4 Å². The lowest BCUT2D eigenvalue weighted by atomic mass is 10.1. The van der Waals surface area contributed by atoms with Gasteiger partial charge in [-0.1, -0.05) is 12.1 Å². The van der Waals surface area contributed by atoms with Gasteiger partial charge in [-0.15, -0.1) is 0 Å². The highest BCUT2D eigenvalue weighted by molar-refractivity contribution is 5.92. The van der Waals surface area contributed by atoms with Crippen molar-refractivity contribution in [1.82, 2.24) is 4.57 Å². The first-order valence-electron chi connectivity index (χ1n) is 6.86. The second-order valence-electron chi connectivity index (χ2n) is 5.07. The quantitative estimate of drug-likeness (QED) is 0.419. The van der Waals surface area contributed by atoms with E-state index in [2.05, 4.69) is 0 Å². The molecule has 4 nitrogen and oxygen atoms in total. The summed E-state index contributed by atoms with van der Waals surface area (Å²) >= 11 is 0. The third-order valence-electron chi connectivity index (χ3n) is 3.74. The fraction of sp³-hybridized carbons (Fsp3) is 0. The van der Waals surface area contributed by atoms with Gasteiger partial charge in [0.05, 0.1) is 11.2 Å². The zero-order chi connectivity index (χ0) is 15.1. The van der Waals surface area contributed by atoms with E-state index in [0.29, 0.717) is 11.1 Å². The van der Waals surface area contributed by atoms with Crippen LogP contribution < -0.4 is 5.63 Å². The average Bonchev–Trinajstić information content (AvgIpc) is 2.96. The number of carbonyl (C=O) groups excluding carboxylic acids is 1. The normalized spacial score (nSPS) is 11.1. The number of hydrogen-bond donors (Lipinski definition) is 0. The van der Waals surface area contributed by atoms with Gasteiger partial charge < -0.3 is 8.98 Å². The molecule has 0 fully saturated rings. The summed E-state index contributed by atoms with van der Waals surface area (Å²) in [6.45, 7) is 0. The van der Waals surface area contributed by atoms with Crippen LogP contribution in [0.4, 0.5) is 0 Å². The molecule has 0 amide bonds. The van der Waals surface area contributed by atoms with Crippen LogP contribution in [0.5, 0.6) is 0 Å². The van der Waals surface area contributed by atoms with E-state index in [0.717, 1.165) is 28.3 Å². The van der Waals surface area contributed by atoms with Gasteiger partial charge in [0.25, 0.3) is 0 Å². The third kappa shape index (κ3) is 1.85. The largest absolute Gasteiger partial charge is 0.423 e. The molecule has 2 aromatic carbocycles. The first kappa shape index (κ1) is 12.6. The third-order valence-corrected chi connectivity index (χ3v) is 3.74. The molecule has 0 saturated carbocycles. The van der Waals surface area contributed by atoms with Crippen LogP contribution in [0.25, 0.3) is 27.6 Å². The number of fused-ring (bicyclic) bond motifs is 2. The van der Waals surface area contributed by atoms with Gasteiger partial charge in [0.1, 0.15) is 11.9 Å². The smallest absolute Gasteiger partial charge is 0.338 e. The van der Waals surface area contributed by atoms with Crippen molar-refractivity contribution in [2.24, 2.45) is 0 Å². The molecule has 0 unspecified atom stereocenters. The first-order valence-corrected chi connectivity index (χ1v) is 6.86. The predicted octanol–water partition coefficient (Wildman–Crippen LogP) is 3.55. The van der Waals surface area contributed by atoms with Crippen LogP contribution in [-0.4, -0.2) is 10.9 Å². The average molecular weight is 289 g/mol. The molecule has 0 spiro atoms. The topological polar surface area (TPSA) is 52.2 Å². The van der Waals surface area contributed by atoms with Crippen molar-refractivity contribution < 1.29 is 9.21 Å². The minimum absolute atomic E-state index is 0.389. The lowest BCUT2D eigenvalue weighted by molar-refractivity contribution is 0.112. The molecule has 0 saturated heterocycles. The van der Waals surface area contributed by atoms with E-state index in [1.165, 1.54) is 6.07 Å². The molecule has 0 aliphatic heterocycles. The summed E-state index contributed by atoms with van der Waals surface area (Å²) in [6, 6.07) is 16.3. The Bertz CT molecular complexity index is 1070. The number of para-hydroxylation sites is 1. The molecule has 22 heavy (non-hydrogen) atoms. The van der Waals surface area contributed by atoms with E-state index >= 15 is 0 Å². The molecule has 0 N–H and O–H groups in total. The number of carbonyl (C=O) groups is 1. The van der Waals surface area contributed by atoms with Crippen LogP contribution in [0.3, 0.4) is 0 Å². The Kier molecular flexibility index (Phi) is 2.69. The van der Waals surface area contributed by atoms with Crippen molar-refractivity contribution in [3.05, 3.63) is 76.8 Å². The summed E-state index contributed by atoms with van der Waals surface area (Å²) in [6.07, 6.45) is 2.71. The zero-order valence-corrected chi connectivity index (χ0v) is 11.5. The van der Waals surface area contributed by atoms with Crippen molar-refractivity contribution in [3.63, 3.8) is 0 Å². The van der Waals surface area contributed by atoms with E-state index < -0.39 is 0 Å². The van der Waals surface area contributed by atoms with Crippen molar-refractivity contribution in [3.8, 4) is 5.69 Å². The van der Waals surface area contributed by atoms with E-state index in [1.54, 1.807) is 12.1 Å². The summed E-state index contributed by atoms with van der Waals surface area (Å²) in [5.74, 6) is 0. The molecule has 2 aromatic heterocycles. The Hall–Kier alpha value is -3.14. The van der Waals surface area contributed by atoms with Gasteiger partial charge in [-0.25, -0.2) is 4.79 Å². The Labute approximate surface area is 125 Å². The summed E-state index contributed by atoms with van der Waals surface area (Å²) in [5.41, 5.74) is 2.49. The van der Waals surface area contributed by atoms with Crippen LogP contribution in [0.15, 0.2) is 70.0 Å². The minimum Gasteiger partial charge on any atom is -0.423 e. The fourth-order valence-corrected chi connectivity index (χ4v) is 2.74. The van der Waals surface area contributed by atoms with Gasteiger partial charge in [-0.05, 0) is 36.4 Å². The van der Waals surface area contributed by atoms with Crippen molar-refractivity contribution in [2.45, 2.75) is 0 Å². The molecule has 0 aliphatic rings. The van der Waals surface area contributed by atoms with Crippen molar-refractivity contribution in [1.29, 1.82) is 0 Å². The molecule has 4 rings (SSSR count). The molecule has 0 aliphatic carbocycles. The van der Waals surface area contributed by atoms with Crippen molar-refractivity contribution >= 4 is 28.2 Å². The van der Waals surface area contributed by atoms with E-state index in [4.69, 9.17) is 4.42 Å².